The first-order chi connectivity index (χ1) is 9.31. The van der Waals surface area contributed by atoms with Gasteiger partial charge in [0.25, 0.3) is 0 Å². The van der Waals surface area contributed by atoms with E-state index in [4.69, 9.17) is 0 Å². The maximum atomic E-state index is 12.7. The van der Waals surface area contributed by atoms with E-state index in [0.29, 0.717) is 11.3 Å². The van der Waals surface area contributed by atoms with Gasteiger partial charge in [-0.2, -0.15) is 13.2 Å². The van der Waals surface area contributed by atoms with Gasteiger partial charge in [0.05, 0.1) is 5.56 Å². The summed E-state index contributed by atoms with van der Waals surface area (Å²) in [5.74, 6) is 0.794. The molecule has 5 heteroatoms. The van der Waals surface area contributed by atoms with Crippen LogP contribution >= 0.6 is 0 Å². The van der Waals surface area contributed by atoms with Gasteiger partial charge in [0.15, 0.2) is 0 Å². The van der Waals surface area contributed by atoms with Crippen LogP contribution in [0.3, 0.4) is 0 Å². The second-order valence-electron chi connectivity index (χ2n) is 6.48. The van der Waals surface area contributed by atoms with Crippen LogP contribution in [0.25, 0.3) is 0 Å². The maximum absolute atomic E-state index is 12.7. The first kappa shape index (κ1) is 13.9. The number of rotatable bonds is 2. The maximum Gasteiger partial charge on any atom is 0.418 e. The highest BCUT2D eigenvalue weighted by Crippen LogP contribution is 2.53. The molecule has 2 fully saturated rings. The molecule has 2 heterocycles. The average Bonchev–Trinajstić information content (AvgIpc) is 2.22. The Labute approximate surface area is 116 Å². The summed E-state index contributed by atoms with van der Waals surface area (Å²) < 4.78 is 38.2. The fraction of sp³-hybridized carbons (Fsp3) is 0.667. The summed E-state index contributed by atoms with van der Waals surface area (Å²) in [6.45, 7) is 5.78. The molecule has 0 aromatic carbocycles. The molecule has 1 aliphatic heterocycles. The minimum atomic E-state index is -4.31. The summed E-state index contributed by atoms with van der Waals surface area (Å²) in [4.78, 5) is 4.06. The molecule has 1 N–H and O–H groups in total. The minimum absolute atomic E-state index is 0.238. The predicted octanol–water partition coefficient (Wildman–Crippen LogP) is 3.51. The number of nitrogens with zero attached hydrogens (tertiary/aromatic N) is 1. The number of alkyl halides is 3. The van der Waals surface area contributed by atoms with Crippen LogP contribution in [0.5, 0.6) is 0 Å². The number of hydrogen-bond donors (Lipinski definition) is 1. The van der Waals surface area contributed by atoms with Gasteiger partial charge in [-0.1, -0.05) is 6.92 Å². The van der Waals surface area contributed by atoms with Gasteiger partial charge in [0.1, 0.15) is 0 Å². The van der Waals surface area contributed by atoms with Gasteiger partial charge < -0.3 is 5.32 Å². The van der Waals surface area contributed by atoms with E-state index in [1.54, 1.807) is 6.07 Å². The number of pyridine rings is 1. The number of aromatic nitrogens is 1. The zero-order valence-corrected chi connectivity index (χ0v) is 11.7. The van der Waals surface area contributed by atoms with Crippen molar-refractivity contribution in [2.24, 2.45) is 11.3 Å². The van der Waals surface area contributed by atoms with Gasteiger partial charge in [0.2, 0.25) is 0 Å². The topological polar surface area (TPSA) is 24.9 Å². The van der Waals surface area contributed by atoms with Crippen LogP contribution in [0, 0.1) is 18.3 Å². The molecule has 3 rings (SSSR count). The van der Waals surface area contributed by atoms with E-state index in [0.717, 1.165) is 25.0 Å². The first-order valence-corrected chi connectivity index (χ1v) is 7.05. The highest BCUT2D eigenvalue weighted by Gasteiger charge is 2.50. The Balaban J connectivity index is 1.73. The minimum Gasteiger partial charge on any atom is -0.316 e. The standard InChI is InChI=1S/C15H19F3N2/c1-9-3-13(20-6-12(9)15(16,17)18)10(2)11-4-14(5-11)7-19-8-14/h3,6,10-11,19H,4-5,7-8H2,1-2H3/t10-/m0/s1. The van der Waals surface area contributed by atoms with Crippen molar-refractivity contribution < 1.29 is 13.2 Å². The molecule has 1 saturated heterocycles. The molecule has 1 aromatic heterocycles. The van der Waals surface area contributed by atoms with E-state index >= 15 is 0 Å². The molecular formula is C15H19F3N2. The Hall–Kier alpha value is -1.10. The summed E-state index contributed by atoms with van der Waals surface area (Å²) in [7, 11) is 0. The van der Waals surface area contributed by atoms with Crippen molar-refractivity contribution >= 4 is 0 Å². The van der Waals surface area contributed by atoms with Crippen molar-refractivity contribution in [2.45, 2.75) is 38.8 Å². The SMILES string of the molecule is Cc1cc([C@@H](C)C2CC3(CNC3)C2)ncc1C(F)(F)F. The lowest BCUT2D eigenvalue weighted by Gasteiger charge is -2.56. The number of halogens is 3. The van der Waals surface area contributed by atoms with E-state index in [1.165, 1.54) is 19.8 Å². The van der Waals surface area contributed by atoms with Gasteiger partial charge in [-0.3, -0.25) is 4.98 Å². The Bertz CT molecular complexity index is 512. The molecule has 110 valence electrons. The molecule has 2 nitrogen and oxygen atoms in total. The van der Waals surface area contributed by atoms with Crippen molar-refractivity contribution in [3.05, 3.63) is 29.1 Å². The van der Waals surface area contributed by atoms with E-state index < -0.39 is 11.7 Å². The predicted molar refractivity (Wildman–Crippen MR) is 70.4 cm³/mol. The Morgan fingerprint density at radius 1 is 1.35 bits per heavy atom. The fourth-order valence-corrected chi connectivity index (χ4v) is 3.54. The van der Waals surface area contributed by atoms with Gasteiger partial charge in [-0.05, 0) is 42.7 Å². The van der Waals surface area contributed by atoms with E-state index in [-0.39, 0.29) is 11.5 Å². The van der Waals surface area contributed by atoms with E-state index in [9.17, 15) is 13.2 Å². The lowest BCUT2D eigenvalue weighted by molar-refractivity contribution is -0.138. The monoisotopic (exact) mass is 284 g/mol. The van der Waals surface area contributed by atoms with E-state index in [2.05, 4.69) is 17.2 Å². The molecule has 1 atom stereocenters. The summed E-state index contributed by atoms with van der Waals surface area (Å²) in [5, 5.41) is 3.30. The van der Waals surface area contributed by atoms with Gasteiger partial charge >= 0.3 is 6.18 Å². The molecule has 2 aliphatic rings. The lowest BCUT2D eigenvalue weighted by Crippen LogP contribution is -2.60. The van der Waals surface area contributed by atoms with Crippen LogP contribution in [0.1, 0.15) is 42.5 Å². The highest BCUT2D eigenvalue weighted by atomic mass is 19.4. The first-order valence-electron chi connectivity index (χ1n) is 7.05. The molecular weight excluding hydrogens is 265 g/mol. The van der Waals surface area contributed by atoms with E-state index in [1.807, 2.05) is 0 Å². The normalized spacial score (nSPS) is 23.2. The van der Waals surface area contributed by atoms with Crippen LogP contribution in [-0.2, 0) is 6.18 Å². The Kier molecular flexibility index (Phi) is 3.08. The molecule has 1 saturated carbocycles. The zero-order valence-electron chi connectivity index (χ0n) is 11.7. The lowest BCUT2D eigenvalue weighted by atomic mass is 9.55. The van der Waals surface area contributed by atoms with Crippen LogP contribution in [0.15, 0.2) is 12.3 Å². The molecule has 1 aromatic rings. The molecule has 1 spiro atoms. The Morgan fingerprint density at radius 3 is 2.45 bits per heavy atom. The second-order valence-corrected chi connectivity index (χ2v) is 6.48. The molecule has 0 radical (unpaired) electrons. The van der Waals surface area contributed by atoms with Crippen molar-refractivity contribution in [2.75, 3.05) is 13.1 Å². The summed E-state index contributed by atoms with van der Waals surface area (Å²) in [6.07, 6.45) is -0.983. The van der Waals surface area contributed by atoms with Gasteiger partial charge in [-0.25, -0.2) is 0 Å². The Morgan fingerprint density at radius 2 is 2.00 bits per heavy atom. The second kappa shape index (κ2) is 4.45. The quantitative estimate of drug-likeness (QED) is 0.899. The van der Waals surface area contributed by atoms with Gasteiger partial charge in [-0.15, -0.1) is 0 Å². The highest BCUT2D eigenvalue weighted by molar-refractivity contribution is 5.29. The van der Waals surface area contributed by atoms with Crippen molar-refractivity contribution in [1.82, 2.24) is 10.3 Å². The fourth-order valence-electron chi connectivity index (χ4n) is 3.54. The molecule has 0 bridgehead atoms. The third kappa shape index (κ3) is 2.22. The smallest absolute Gasteiger partial charge is 0.316 e. The van der Waals surface area contributed by atoms with Crippen LogP contribution in [0.4, 0.5) is 13.2 Å². The summed E-state index contributed by atoms with van der Waals surface area (Å²) in [6, 6.07) is 1.61. The zero-order chi connectivity index (χ0) is 14.5. The molecule has 1 aliphatic carbocycles. The third-order valence-corrected chi connectivity index (χ3v) is 5.00. The average molecular weight is 284 g/mol. The summed E-state index contributed by atoms with van der Waals surface area (Å²) in [5.41, 5.74) is 0.929. The summed E-state index contributed by atoms with van der Waals surface area (Å²) >= 11 is 0. The third-order valence-electron chi connectivity index (χ3n) is 5.00. The largest absolute Gasteiger partial charge is 0.418 e. The number of aryl methyl sites for hydroxylation is 1. The van der Waals surface area contributed by atoms with Gasteiger partial charge in [0, 0.05) is 30.9 Å². The number of hydrogen-bond acceptors (Lipinski definition) is 2. The molecule has 20 heavy (non-hydrogen) atoms. The van der Waals surface area contributed by atoms with Crippen molar-refractivity contribution in [1.29, 1.82) is 0 Å². The van der Waals surface area contributed by atoms with Crippen LogP contribution in [0.2, 0.25) is 0 Å². The molecule has 0 amide bonds. The van der Waals surface area contributed by atoms with Crippen LogP contribution < -0.4 is 5.32 Å². The number of nitrogens with one attached hydrogen (secondary N) is 1. The molecule has 0 unspecified atom stereocenters. The van der Waals surface area contributed by atoms with Crippen molar-refractivity contribution in [3.8, 4) is 0 Å². The van der Waals surface area contributed by atoms with Crippen LogP contribution in [-0.4, -0.2) is 18.1 Å². The van der Waals surface area contributed by atoms with Crippen molar-refractivity contribution in [3.63, 3.8) is 0 Å².